The van der Waals surface area contributed by atoms with Crippen molar-refractivity contribution in [1.82, 2.24) is 4.98 Å². The molecule has 22 heavy (non-hydrogen) atoms. The Morgan fingerprint density at radius 2 is 1.64 bits per heavy atom. The average molecular weight is 296 g/mol. The van der Waals surface area contributed by atoms with Crippen molar-refractivity contribution in [1.29, 1.82) is 0 Å². The second-order valence-corrected chi connectivity index (χ2v) is 6.69. The third kappa shape index (κ3) is 2.62. The van der Waals surface area contributed by atoms with Crippen LogP contribution in [0.3, 0.4) is 0 Å². The molecule has 0 aliphatic carbocycles. The molecule has 1 aliphatic rings. The zero-order chi connectivity index (χ0) is 16.0. The smallest absolute Gasteiger partial charge is 0.399 e. The highest BCUT2D eigenvalue weighted by Gasteiger charge is 2.51. The van der Waals surface area contributed by atoms with Crippen LogP contribution in [0.1, 0.15) is 27.7 Å². The van der Waals surface area contributed by atoms with E-state index in [2.05, 4.69) is 38.7 Å². The average Bonchev–Trinajstić information content (AvgIpc) is 2.68. The van der Waals surface area contributed by atoms with Gasteiger partial charge >= 0.3 is 7.12 Å². The minimum absolute atomic E-state index is 0.337. The molecule has 1 aliphatic heterocycles. The Labute approximate surface area is 131 Å². The van der Waals surface area contributed by atoms with E-state index in [1.165, 1.54) is 0 Å². The molecule has 0 spiro atoms. The fourth-order valence-corrected chi connectivity index (χ4v) is 2.42. The molecule has 0 saturated carbocycles. The van der Waals surface area contributed by atoms with Gasteiger partial charge in [-0.15, -0.1) is 0 Å². The molecule has 4 nitrogen and oxygen atoms in total. The van der Waals surface area contributed by atoms with Gasteiger partial charge < -0.3 is 15.0 Å². The summed E-state index contributed by atoms with van der Waals surface area (Å²) < 4.78 is 12.2. The Hall–Kier alpha value is -1.85. The van der Waals surface area contributed by atoms with Crippen LogP contribution in [-0.4, -0.2) is 23.3 Å². The van der Waals surface area contributed by atoms with Crippen LogP contribution >= 0.6 is 0 Å². The number of hydrogen-bond donors (Lipinski definition) is 1. The summed E-state index contributed by atoms with van der Waals surface area (Å²) in [7, 11) is -0.355. The molecule has 1 aromatic carbocycles. The van der Waals surface area contributed by atoms with Gasteiger partial charge in [-0.2, -0.15) is 0 Å². The van der Waals surface area contributed by atoms with Crippen LogP contribution < -0.4 is 11.2 Å². The third-order valence-corrected chi connectivity index (χ3v) is 4.53. The van der Waals surface area contributed by atoms with E-state index in [-0.39, 0.29) is 18.3 Å². The second-order valence-electron chi connectivity index (χ2n) is 6.69. The number of benzene rings is 1. The molecular formula is C17H21BN2O2. The van der Waals surface area contributed by atoms with Crippen molar-refractivity contribution in [2.45, 2.75) is 38.9 Å². The number of nitrogens with zero attached hydrogens (tertiary/aromatic N) is 1. The molecule has 2 heterocycles. The maximum atomic E-state index is 6.10. The minimum atomic E-state index is -0.355. The van der Waals surface area contributed by atoms with Crippen molar-refractivity contribution >= 4 is 18.4 Å². The van der Waals surface area contributed by atoms with Crippen LogP contribution in [0.15, 0.2) is 42.6 Å². The monoisotopic (exact) mass is 296 g/mol. The van der Waals surface area contributed by atoms with E-state index in [4.69, 9.17) is 15.0 Å². The van der Waals surface area contributed by atoms with Crippen LogP contribution in [0.2, 0.25) is 0 Å². The van der Waals surface area contributed by atoms with E-state index in [0.717, 1.165) is 16.6 Å². The quantitative estimate of drug-likeness (QED) is 0.866. The Morgan fingerprint density at radius 1 is 0.955 bits per heavy atom. The van der Waals surface area contributed by atoms with Crippen LogP contribution in [0.25, 0.3) is 11.1 Å². The Kier molecular flexibility index (Phi) is 3.50. The zero-order valence-electron chi connectivity index (χ0n) is 13.5. The van der Waals surface area contributed by atoms with Gasteiger partial charge in [-0.25, -0.2) is 4.98 Å². The number of nitrogen functional groups attached to an aromatic ring is 1. The zero-order valence-corrected chi connectivity index (χ0v) is 13.5. The van der Waals surface area contributed by atoms with Crippen molar-refractivity contribution in [2.75, 3.05) is 5.73 Å². The van der Waals surface area contributed by atoms with Gasteiger partial charge in [0.05, 0.1) is 11.2 Å². The standard InChI is InChI=1S/C17H21BN2O2/c1-16(2)17(3,4)22-18(21-16)14-7-5-6-12(10-14)13-8-9-15(19)20-11-13/h5-11H,1-4H3,(H2,19,20). The van der Waals surface area contributed by atoms with Gasteiger partial charge in [0, 0.05) is 11.8 Å². The molecule has 0 bridgehead atoms. The van der Waals surface area contributed by atoms with E-state index < -0.39 is 0 Å². The number of nitrogens with two attached hydrogens (primary N) is 1. The molecule has 2 N–H and O–H groups in total. The number of aromatic nitrogens is 1. The molecule has 1 saturated heterocycles. The summed E-state index contributed by atoms with van der Waals surface area (Å²) in [4.78, 5) is 4.14. The van der Waals surface area contributed by atoms with Gasteiger partial charge in [0.1, 0.15) is 5.82 Å². The van der Waals surface area contributed by atoms with Crippen LogP contribution in [0.4, 0.5) is 5.82 Å². The lowest BCUT2D eigenvalue weighted by molar-refractivity contribution is 0.00578. The van der Waals surface area contributed by atoms with E-state index in [1.54, 1.807) is 12.3 Å². The fourth-order valence-electron chi connectivity index (χ4n) is 2.42. The highest BCUT2D eigenvalue weighted by atomic mass is 16.7. The molecular weight excluding hydrogens is 275 g/mol. The van der Waals surface area contributed by atoms with Crippen molar-refractivity contribution in [3.63, 3.8) is 0 Å². The van der Waals surface area contributed by atoms with Crippen LogP contribution in [0.5, 0.6) is 0 Å². The van der Waals surface area contributed by atoms with Gasteiger partial charge in [-0.3, -0.25) is 0 Å². The van der Waals surface area contributed by atoms with Gasteiger partial charge in [-0.1, -0.05) is 24.3 Å². The Bertz CT molecular complexity index is 667. The second kappa shape index (κ2) is 5.11. The predicted octanol–water partition coefficient (Wildman–Crippen LogP) is 2.63. The molecule has 0 atom stereocenters. The lowest BCUT2D eigenvalue weighted by Crippen LogP contribution is -2.41. The number of rotatable bonds is 2. The summed E-state index contributed by atoms with van der Waals surface area (Å²) in [6, 6.07) is 11.9. The lowest BCUT2D eigenvalue weighted by Gasteiger charge is -2.32. The molecule has 0 amide bonds. The number of hydrogen-bond acceptors (Lipinski definition) is 4. The highest BCUT2D eigenvalue weighted by Crippen LogP contribution is 2.36. The van der Waals surface area contributed by atoms with E-state index >= 15 is 0 Å². The first-order valence-electron chi connectivity index (χ1n) is 7.46. The van der Waals surface area contributed by atoms with Crippen molar-refractivity contribution in [3.8, 4) is 11.1 Å². The Morgan fingerprint density at radius 3 is 2.23 bits per heavy atom. The van der Waals surface area contributed by atoms with Crippen molar-refractivity contribution in [3.05, 3.63) is 42.6 Å². The molecule has 2 aromatic rings. The number of anilines is 1. The first-order valence-corrected chi connectivity index (χ1v) is 7.46. The maximum Gasteiger partial charge on any atom is 0.494 e. The first-order chi connectivity index (χ1) is 10.3. The summed E-state index contributed by atoms with van der Waals surface area (Å²) in [5.74, 6) is 0.519. The molecule has 5 heteroatoms. The van der Waals surface area contributed by atoms with E-state index in [9.17, 15) is 0 Å². The summed E-state index contributed by atoms with van der Waals surface area (Å²) in [6.07, 6.45) is 1.78. The van der Waals surface area contributed by atoms with Crippen molar-refractivity contribution in [2.24, 2.45) is 0 Å². The summed E-state index contributed by atoms with van der Waals surface area (Å²) in [6.45, 7) is 8.23. The van der Waals surface area contributed by atoms with E-state index in [1.807, 2.05) is 24.3 Å². The van der Waals surface area contributed by atoms with Crippen LogP contribution in [0, 0.1) is 0 Å². The van der Waals surface area contributed by atoms with Crippen LogP contribution in [-0.2, 0) is 9.31 Å². The third-order valence-electron chi connectivity index (χ3n) is 4.53. The fraction of sp³-hybridized carbons (Fsp3) is 0.353. The minimum Gasteiger partial charge on any atom is -0.399 e. The van der Waals surface area contributed by atoms with Crippen molar-refractivity contribution < 1.29 is 9.31 Å². The molecule has 1 fully saturated rings. The van der Waals surface area contributed by atoms with Gasteiger partial charge in [0.2, 0.25) is 0 Å². The van der Waals surface area contributed by atoms with Gasteiger partial charge in [-0.05, 0) is 50.9 Å². The molecule has 0 radical (unpaired) electrons. The molecule has 3 rings (SSSR count). The molecule has 114 valence electrons. The largest absolute Gasteiger partial charge is 0.494 e. The van der Waals surface area contributed by atoms with E-state index in [0.29, 0.717) is 5.82 Å². The lowest BCUT2D eigenvalue weighted by atomic mass is 9.78. The molecule has 0 unspecified atom stereocenters. The summed E-state index contributed by atoms with van der Waals surface area (Å²) in [5, 5.41) is 0. The Balaban J connectivity index is 1.91. The number of pyridine rings is 1. The normalized spacial score (nSPS) is 19.4. The highest BCUT2D eigenvalue weighted by molar-refractivity contribution is 6.62. The maximum absolute atomic E-state index is 6.10. The summed E-state index contributed by atoms with van der Waals surface area (Å²) in [5.41, 5.74) is 8.07. The van der Waals surface area contributed by atoms with Gasteiger partial charge in [0.25, 0.3) is 0 Å². The SMILES string of the molecule is CC1(C)OB(c2cccc(-c3ccc(N)nc3)c2)OC1(C)C. The first kappa shape index (κ1) is 15.1. The predicted molar refractivity (Wildman–Crippen MR) is 89.8 cm³/mol. The topological polar surface area (TPSA) is 57.4 Å². The van der Waals surface area contributed by atoms with Gasteiger partial charge in [0.15, 0.2) is 0 Å². The summed E-state index contributed by atoms with van der Waals surface area (Å²) >= 11 is 0. The molecule has 1 aromatic heterocycles.